The van der Waals surface area contributed by atoms with Crippen molar-refractivity contribution in [2.75, 3.05) is 49.5 Å². The molecule has 1 aliphatic heterocycles. The molecule has 4 rings (SSSR count). The van der Waals surface area contributed by atoms with Crippen molar-refractivity contribution in [3.8, 4) is 16.9 Å². The molecule has 3 aromatic rings. The van der Waals surface area contributed by atoms with Crippen LogP contribution in [0.15, 0.2) is 78.9 Å². The Morgan fingerprint density at radius 2 is 1.61 bits per heavy atom. The van der Waals surface area contributed by atoms with E-state index in [-0.39, 0.29) is 5.91 Å². The average Bonchev–Trinajstić information content (AvgIpc) is 2.81. The third-order valence-corrected chi connectivity index (χ3v) is 5.67. The molecule has 0 bridgehead atoms. The Kier molecular flexibility index (Phi) is 6.85. The minimum atomic E-state index is 0.0570. The molecule has 0 aliphatic carbocycles. The van der Waals surface area contributed by atoms with Gasteiger partial charge in [-0.25, -0.2) is 0 Å². The number of carbonyl (C=O) groups excluding carboxylic acids is 1. The molecule has 1 fully saturated rings. The minimum Gasteiger partial charge on any atom is -0.492 e. The lowest BCUT2D eigenvalue weighted by Crippen LogP contribution is -3.15. The SMILES string of the molecule is CCOc1ccccc1N1CC[NH+](CC(=O)Nc2ccccc2-c2ccccc2)CC1. The van der Waals surface area contributed by atoms with Crippen molar-refractivity contribution in [1.82, 2.24) is 0 Å². The number of quaternary nitrogens is 1. The van der Waals surface area contributed by atoms with Crippen LogP contribution in [0.4, 0.5) is 11.4 Å². The van der Waals surface area contributed by atoms with E-state index in [1.807, 2.05) is 61.5 Å². The van der Waals surface area contributed by atoms with Gasteiger partial charge >= 0.3 is 0 Å². The second-order valence-electron chi connectivity index (χ2n) is 7.77. The van der Waals surface area contributed by atoms with E-state index >= 15 is 0 Å². The number of hydrogen-bond donors (Lipinski definition) is 2. The molecule has 160 valence electrons. The highest BCUT2D eigenvalue weighted by Crippen LogP contribution is 2.28. The first-order valence-electron chi connectivity index (χ1n) is 11.0. The van der Waals surface area contributed by atoms with Crippen LogP contribution in [0.1, 0.15) is 6.92 Å². The lowest BCUT2D eigenvalue weighted by Gasteiger charge is -2.34. The Hall–Kier alpha value is -3.31. The van der Waals surface area contributed by atoms with Gasteiger partial charge in [0.25, 0.3) is 5.91 Å². The first-order chi connectivity index (χ1) is 15.2. The fourth-order valence-corrected chi connectivity index (χ4v) is 4.12. The van der Waals surface area contributed by atoms with Gasteiger partial charge in [-0.05, 0) is 30.7 Å². The van der Waals surface area contributed by atoms with E-state index in [9.17, 15) is 4.79 Å². The highest BCUT2D eigenvalue weighted by molar-refractivity contribution is 5.96. The van der Waals surface area contributed by atoms with Gasteiger partial charge in [-0.1, -0.05) is 60.7 Å². The monoisotopic (exact) mass is 416 g/mol. The van der Waals surface area contributed by atoms with Crippen LogP contribution in [0.2, 0.25) is 0 Å². The number of nitrogens with zero attached hydrogens (tertiary/aromatic N) is 1. The summed E-state index contributed by atoms with van der Waals surface area (Å²) in [6.45, 7) is 6.81. The van der Waals surface area contributed by atoms with Gasteiger partial charge in [-0.2, -0.15) is 0 Å². The van der Waals surface area contributed by atoms with Gasteiger partial charge in [0.05, 0.1) is 38.5 Å². The Labute approximate surface area is 184 Å². The van der Waals surface area contributed by atoms with Crippen molar-refractivity contribution in [3.05, 3.63) is 78.9 Å². The molecule has 3 aromatic carbocycles. The number of hydrogen-bond acceptors (Lipinski definition) is 3. The molecule has 0 saturated carbocycles. The Morgan fingerprint density at radius 3 is 2.39 bits per heavy atom. The van der Waals surface area contributed by atoms with E-state index in [1.54, 1.807) is 0 Å². The van der Waals surface area contributed by atoms with Crippen molar-refractivity contribution in [3.63, 3.8) is 0 Å². The average molecular weight is 417 g/mol. The normalized spacial score (nSPS) is 14.3. The maximum absolute atomic E-state index is 12.8. The zero-order valence-corrected chi connectivity index (χ0v) is 18.0. The summed E-state index contributed by atoms with van der Waals surface area (Å²) < 4.78 is 5.78. The third-order valence-electron chi connectivity index (χ3n) is 5.67. The Bertz CT molecular complexity index is 998. The molecule has 2 N–H and O–H groups in total. The molecular formula is C26H30N3O2+. The maximum atomic E-state index is 12.8. The van der Waals surface area contributed by atoms with Crippen LogP contribution in [0, 0.1) is 0 Å². The summed E-state index contributed by atoms with van der Waals surface area (Å²) in [7, 11) is 0. The zero-order chi connectivity index (χ0) is 21.5. The highest BCUT2D eigenvalue weighted by atomic mass is 16.5. The minimum absolute atomic E-state index is 0.0570. The van der Waals surface area contributed by atoms with Crippen molar-refractivity contribution >= 4 is 17.3 Å². The molecule has 0 radical (unpaired) electrons. The molecule has 0 unspecified atom stereocenters. The number of benzene rings is 3. The summed E-state index contributed by atoms with van der Waals surface area (Å²) in [5.74, 6) is 0.991. The topological polar surface area (TPSA) is 46.0 Å². The Morgan fingerprint density at radius 1 is 0.935 bits per heavy atom. The summed E-state index contributed by atoms with van der Waals surface area (Å²) in [4.78, 5) is 16.5. The van der Waals surface area contributed by atoms with Crippen molar-refractivity contribution in [2.45, 2.75) is 6.92 Å². The van der Waals surface area contributed by atoms with Gasteiger partial charge in [-0.3, -0.25) is 4.79 Å². The lowest BCUT2D eigenvalue weighted by atomic mass is 10.0. The van der Waals surface area contributed by atoms with Gasteiger partial charge in [0, 0.05) is 11.3 Å². The summed E-state index contributed by atoms with van der Waals surface area (Å²) in [5, 5.41) is 3.13. The van der Waals surface area contributed by atoms with Gasteiger partial charge in [-0.15, -0.1) is 0 Å². The molecule has 0 aromatic heterocycles. The first-order valence-corrected chi connectivity index (χ1v) is 11.0. The standard InChI is InChI=1S/C26H29N3O2/c1-2-31-25-15-9-8-14-24(25)29-18-16-28(17-19-29)20-26(30)27-23-13-7-6-12-22(23)21-10-4-3-5-11-21/h3-15H,2,16-20H2,1H3,(H,27,30)/p+1. The predicted molar refractivity (Wildman–Crippen MR) is 126 cm³/mol. The van der Waals surface area contributed by atoms with Gasteiger partial charge in [0.2, 0.25) is 0 Å². The number of para-hydroxylation sites is 3. The summed E-state index contributed by atoms with van der Waals surface area (Å²) >= 11 is 0. The van der Waals surface area contributed by atoms with Crippen LogP contribution in [0.5, 0.6) is 5.75 Å². The zero-order valence-electron chi connectivity index (χ0n) is 18.0. The summed E-state index contributed by atoms with van der Waals surface area (Å²) in [6, 6.07) is 26.3. The fourth-order valence-electron chi connectivity index (χ4n) is 4.12. The lowest BCUT2D eigenvalue weighted by molar-refractivity contribution is -0.892. The second kappa shape index (κ2) is 10.1. The summed E-state index contributed by atoms with van der Waals surface area (Å²) in [5.41, 5.74) is 4.16. The number of amides is 1. The van der Waals surface area contributed by atoms with E-state index < -0.39 is 0 Å². The number of anilines is 2. The van der Waals surface area contributed by atoms with Gasteiger partial charge in [0.1, 0.15) is 5.75 Å². The molecule has 5 nitrogen and oxygen atoms in total. The van der Waals surface area contributed by atoms with Crippen LogP contribution in [-0.4, -0.2) is 45.2 Å². The molecule has 1 aliphatic rings. The molecule has 31 heavy (non-hydrogen) atoms. The summed E-state index contributed by atoms with van der Waals surface area (Å²) in [6.07, 6.45) is 0. The van der Waals surface area contributed by atoms with Crippen LogP contribution in [0.25, 0.3) is 11.1 Å². The smallest absolute Gasteiger partial charge is 0.279 e. The molecule has 0 atom stereocenters. The van der Waals surface area contributed by atoms with Crippen molar-refractivity contribution in [2.24, 2.45) is 0 Å². The van der Waals surface area contributed by atoms with Crippen LogP contribution < -0.4 is 19.9 Å². The number of ether oxygens (including phenoxy) is 1. The molecule has 0 spiro atoms. The predicted octanol–water partition coefficient (Wildman–Crippen LogP) is 3.10. The van der Waals surface area contributed by atoms with Crippen LogP contribution >= 0.6 is 0 Å². The quantitative estimate of drug-likeness (QED) is 0.622. The molecule has 1 amide bonds. The molecule has 5 heteroatoms. The Balaban J connectivity index is 1.35. The van der Waals surface area contributed by atoms with E-state index in [4.69, 9.17) is 4.74 Å². The van der Waals surface area contributed by atoms with Crippen molar-refractivity contribution < 1.29 is 14.4 Å². The number of carbonyl (C=O) groups is 1. The molecule has 1 heterocycles. The van der Waals surface area contributed by atoms with Crippen LogP contribution in [0.3, 0.4) is 0 Å². The van der Waals surface area contributed by atoms with E-state index in [1.165, 1.54) is 4.90 Å². The van der Waals surface area contributed by atoms with Gasteiger partial charge < -0.3 is 19.9 Å². The molecule has 1 saturated heterocycles. The van der Waals surface area contributed by atoms with E-state index in [0.717, 1.165) is 54.4 Å². The number of nitrogens with one attached hydrogen (secondary N) is 2. The van der Waals surface area contributed by atoms with Crippen molar-refractivity contribution in [1.29, 1.82) is 0 Å². The van der Waals surface area contributed by atoms with Crippen LogP contribution in [-0.2, 0) is 4.79 Å². The number of piperazine rings is 1. The maximum Gasteiger partial charge on any atom is 0.279 e. The first kappa shape index (κ1) is 20.9. The molecular weight excluding hydrogens is 386 g/mol. The highest BCUT2D eigenvalue weighted by Gasteiger charge is 2.24. The number of rotatable bonds is 7. The van der Waals surface area contributed by atoms with E-state index in [0.29, 0.717) is 13.2 Å². The second-order valence-corrected chi connectivity index (χ2v) is 7.77. The fraction of sp³-hybridized carbons (Fsp3) is 0.269. The third kappa shape index (κ3) is 5.25. The van der Waals surface area contributed by atoms with Gasteiger partial charge in [0.15, 0.2) is 6.54 Å². The largest absolute Gasteiger partial charge is 0.492 e. The van der Waals surface area contributed by atoms with E-state index in [2.05, 4.69) is 34.5 Å².